The highest BCUT2D eigenvalue weighted by Gasteiger charge is 2.11. The Morgan fingerprint density at radius 2 is 1.80 bits per heavy atom. The van der Waals surface area contributed by atoms with E-state index in [1.54, 1.807) is 32.0 Å². The van der Waals surface area contributed by atoms with E-state index in [4.69, 9.17) is 0 Å². The third-order valence-electron chi connectivity index (χ3n) is 3.55. The minimum absolute atomic E-state index is 0.0517. The Balaban J connectivity index is 2.79. The van der Waals surface area contributed by atoms with Crippen molar-refractivity contribution in [2.75, 3.05) is 30.9 Å². The Kier molecular flexibility index (Phi) is 7.88. The van der Waals surface area contributed by atoms with Gasteiger partial charge in [-0.15, -0.1) is 0 Å². The second kappa shape index (κ2) is 9.19. The van der Waals surface area contributed by atoms with Crippen LogP contribution in [-0.2, 0) is 26.2 Å². The van der Waals surface area contributed by atoms with E-state index in [0.717, 1.165) is 5.56 Å². The van der Waals surface area contributed by atoms with Gasteiger partial charge in [0.05, 0.1) is 17.2 Å². The first-order valence-electron chi connectivity index (χ1n) is 8.11. The number of sulfone groups is 2. The quantitative estimate of drug-likeness (QED) is 0.505. The average molecular weight is 390 g/mol. The van der Waals surface area contributed by atoms with Gasteiger partial charge in [0.1, 0.15) is 0 Å². The van der Waals surface area contributed by atoms with Crippen molar-refractivity contribution in [2.24, 2.45) is 4.99 Å². The molecule has 0 saturated carbocycles. The molecule has 0 aliphatic carbocycles. The fourth-order valence-corrected chi connectivity index (χ4v) is 3.87. The zero-order valence-corrected chi connectivity index (χ0v) is 16.8. The summed E-state index contributed by atoms with van der Waals surface area (Å²) in [4.78, 5) is 4.73. The molecule has 25 heavy (non-hydrogen) atoms. The van der Waals surface area contributed by atoms with Gasteiger partial charge in [0.15, 0.2) is 25.6 Å². The second-order valence-electron chi connectivity index (χ2n) is 5.73. The van der Waals surface area contributed by atoms with Crippen molar-refractivity contribution >= 4 is 25.6 Å². The summed E-state index contributed by atoms with van der Waals surface area (Å²) in [6.45, 7) is 6.60. The summed E-state index contributed by atoms with van der Waals surface area (Å²) >= 11 is 0. The van der Waals surface area contributed by atoms with Crippen LogP contribution in [0.4, 0.5) is 0 Å². The molecule has 1 rings (SSSR count). The standard InChI is InChI=1S/C16H27N3O4S2/c1-5-17-16(18-9-10-25(22,23)6-2)19-12-14-7-8-15(13(3)11-14)24(4,20)21/h7-8,11H,5-6,9-10,12H2,1-4H3,(H2,17,18,19). The summed E-state index contributed by atoms with van der Waals surface area (Å²) < 4.78 is 46.3. The van der Waals surface area contributed by atoms with Gasteiger partial charge in [-0.25, -0.2) is 21.8 Å². The van der Waals surface area contributed by atoms with Crippen LogP contribution in [0.15, 0.2) is 28.1 Å². The van der Waals surface area contributed by atoms with Crippen molar-refractivity contribution in [3.63, 3.8) is 0 Å². The highest BCUT2D eigenvalue weighted by atomic mass is 32.2. The van der Waals surface area contributed by atoms with Gasteiger partial charge in [-0.2, -0.15) is 0 Å². The molecular formula is C16H27N3O4S2. The first kappa shape index (κ1) is 21.4. The van der Waals surface area contributed by atoms with Gasteiger partial charge in [0, 0.05) is 25.1 Å². The molecule has 0 amide bonds. The molecule has 0 fully saturated rings. The molecule has 0 radical (unpaired) electrons. The van der Waals surface area contributed by atoms with Crippen molar-refractivity contribution < 1.29 is 16.8 Å². The van der Waals surface area contributed by atoms with Gasteiger partial charge in [0.2, 0.25) is 0 Å². The summed E-state index contributed by atoms with van der Waals surface area (Å²) in [5.74, 6) is 0.698. The Hall–Kier alpha value is -1.61. The molecule has 2 N–H and O–H groups in total. The summed E-state index contributed by atoms with van der Waals surface area (Å²) in [6.07, 6.45) is 1.19. The molecule has 0 aliphatic rings. The molecule has 0 aliphatic heterocycles. The van der Waals surface area contributed by atoms with Crippen LogP contribution in [0.1, 0.15) is 25.0 Å². The van der Waals surface area contributed by atoms with Crippen molar-refractivity contribution in [3.05, 3.63) is 29.3 Å². The molecule has 0 unspecified atom stereocenters. The number of nitrogens with zero attached hydrogens (tertiary/aromatic N) is 1. The van der Waals surface area contributed by atoms with E-state index < -0.39 is 19.7 Å². The first-order chi connectivity index (χ1) is 11.6. The van der Waals surface area contributed by atoms with E-state index in [1.807, 2.05) is 6.92 Å². The van der Waals surface area contributed by atoms with Gasteiger partial charge < -0.3 is 10.6 Å². The molecule has 1 aromatic rings. The van der Waals surface area contributed by atoms with E-state index >= 15 is 0 Å². The van der Waals surface area contributed by atoms with E-state index in [2.05, 4.69) is 15.6 Å². The lowest BCUT2D eigenvalue weighted by atomic mass is 10.1. The number of rotatable bonds is 8. The molecule has 0 saturated heterocycles. The average Bonchev–Trinajstić information content (AvgIpc) is 2.51. The maximum Gasteiger partial charge on any atom is 0.191 e. The number of nitrogens with one attached hydrogen (secondary N) is 2. The van der Waals surface area contributed by atoms with Gasteiger partial charge in [0.25, 0.3) is 0 Å². The van der Waals surface area contributed by atoms with Crippen molar-refractivity contribution in [3.8, 4) is 0 Å². The monoisotopic (exact) mass is 389 g/mol. The van der Waals surface area contributed by atoms with Gasteiger partial charge in [-0.1, -0.05) is 19.1 Å². The van der Waals surface area contributed by atoms with Crippen LogP contribution in [0.2, 0.25) is 0 Å². The molecular weight excluding hydrogens is 362 g/mol. The minimum atomic E-state index is -3.24. The first-order valence-corrected chi connectivity index (χ1v) is 11.8. The van der Waals surface area contributed by atoms with E-state index in [9.17, 15) is 16.8 Å². The van der Waals surface area contributed by atoms with Gasteiger partial charge in [-0.3, -0.25) is 0 Å². The Morgan fingerprint density at radius 1 is 1.12 bits per heavy atom. The predicted molar refractivity (Wildman–Crippen MR) is 101 cm³/mol. The molecule has 9 heteroatoms. The number of hydrogen-bond donors (Lipinski definition) is 2. The SMILES string of the molecule is CCNC(=NCc1ccc(S(C)(=O)=O)c(C)c1)NCCS(=O)(=O)CC. The van der Waals surface area contributed by atoms with Crippen molar-refractivity contribution in [1.82, 2.24) is 10.6 Å². The van der Waals surface area contributed by atoms with Crippen LogP contribution in [-0.4, -0.2) is 53.6 Å². The number of aliphatic imine (C=N–C) groups is 1. The number of guanidine groups is 1. The van der Waals surface area contributed by atoms with Crippen molar-refractivity contribution in [1.29, 1.82) is 0 Å². The maximum atomic E-state index is 11.6. The zero-order chi connectivity index (χ0) is 19.1. The van der Waals surface area contributed by atoms with Crippen LogP contribution >= 0.6 is 0 Å². The largest absolute Gasteiger partial charge is 0.357 e. The number of benzene rings is 1. The highest BCUT2D eigenvalue weighted by molar-refractivity contribution is 7.91. The molecule has 0 bridgehead atoms. The Morgan fingerprint density at radius 3 is 2.32 bits per heavy atom. The van der Waals surface area contributed by atoms with Gasteiger partial charge >= 0.3 is 0 Å². The summed E-state index contributed by atoms with van der Waals surface area (Å²) in [5.41, 5.74) is 1.56. The Labute approximate surface area is 150 Å². The number of aryl methyl sites for hydroxylation is 1. The molecule has 0 spiro atoms. The third kappa shape index (κ3) is 7.43. The summed E-state index contributed by atoms with van der Waals surface area (Å²) in [6, 6.07) is 5.12. The lowest BCUT2D eigenvalue weighted by Crippen LogP contribution is -2.39. The van der Waals surface area contributed by atoms with Crippen LogP contribution in [0.3, 0.4) is 0 Å². The predicted octanol–water partition coefficient (Wildman–Crippen LogP) is 0.888. The van der Waals surface area contributed by atoms with Crippen LogP contribution in [0.25, 0.3) is 0 Å². The summed E-state index contributed by atoms with van der Waals surface area (Å²) in [5, 5.41) is 6.05. The molecule has 1 aromatic carbocycles. The fourth-order valence-electron chi connectivity index (χ4n) is 2.21. The fraction of sp³-hybridized carbons (Fsp3) is 0.562. The normalized spacial score (nSPS) is 12.9. The van der Waals surface area contributed by atoms with Crippen LogP contribution < -0.4 is 10.6 Å². The number of hydrogen-bond acceptors (Lipinski definition) is 5. The molecule has 142 valence electrons. The lowest BCUT2D eigenvalue weighted by molar-refractivity contribution is 0.595. The topological polar surface area (TPSA) is 105 Å². The van der Waals surface area contributed by atoms with Gasteiger partial charge in [-0.05, 0) is 31.0 Å². The van der Waals surface area contributed by atoms with Crippen LogP contribution in [0, 0.1) is 6.92 Å². The molecule has 7 nitrogen and oxygen atoms in total. The van der Waals surface area contributed by atoms with Crippen LogP contribution in [0.5, 0.6) is 0 Å². The van der Waals surface area contributed by atoms with E-state index in [0.29, 0.717) is 29.5 Å². The minimum Gasteiger partial charge on any atom is -0.357 e. The highest BCUT2D eigenvalue weighted by Crippen LogP contribution is 2.17. The third-order valence-corrected chi connectivity index (χ3v) is 6.51. The van der Waals surface area contributed by atoms with Crippen molar-refractivity contribution in [2.45, 2.75) is 32.2 Å². The second-order valence-corrected chi connectivity index (χ2v) is 10.2. The lowest BCUT2D eigenvalue weighted by Gasteiger charge is -2.11. The molecule has 0 heterocycles. The maximum absolute atomic E-state index is 11.6. The molecule has 0 aromatic heterocycles. The zero-order valence-electron chi connectivity index (χ0n) is 15.2. The smallest absolute Gasteiger partial charge is 0.191 e. The molecule has 0 atom stereocenters. The summed E-state index contributed by atoms with van der Waals surface area (Å²) in [7, 11) is -6.26. The Bertz CT molecular complexity index is 816. The van der Waals surface area contributed by atoms with E-state index in [-0.39, 0.29) is 18.1 Å². The van der Waals surface area contributed by atoms with E-state index in [1.165, 1.54) is 6.26 Å².